The molecule has 0 aliphatic heterocycles. The molecule has 1 aromatic heterocycles. The Morgan fingerprint density at radius 3 is 2.41 bits per heavy atom. The molecular formula is C21H24N4O2. The monoisotopic (exact) mass is 364 g/mol. The van der Waals surface area contributed by atoms with E-state index in [9.17, 15) is 0 Å². The largest absolute Gasteiger partial charge is 0.497 e. The van der Waals surface area contributed by atoms with Gasteiger partial charge in [-0.15, -0.1) is 0 Å². The smallest absolute Gasteiger partial charge is 0.229 e. The summed E-state index contributed by atoms with van der Waals surface area (Å²) in [5.74, 6) is 2.95. The van der Waals surface area contributed by atoms with Crippen LogP contribution < -0.4 is 20.1 Å². The SMILES string of the molecule is COc1ccc(OCCNc2cc(C)nc(Nc3ccccc3C)n2)cc1. The number of hydrogen-bond donors (Lipinski definition) is 2. The van der Waals surface area contributed by atoms with Crippen LogP contribution in [0.15, 0.2) is 54.6 Å². The Kier molecular flexibility index (Phi) is 6.10. The van der Waals surface area contributed by atoms with Crippen molar-refractivity contribution < 1.29 is 9.47 Å². The van der Waals surface area contributed by atoms with E-state index in [1.807, 2.05) is 68.4 Å². The average Bonchev–Trinajstić information content (AvgIpc) is 2.67. The van der Waals surface area contributed by atoms with Gasteiger partial charge in [0.25, 0.3) is 0 Å². The van der Waals surface area contributed by atoms with Crippen molar-refractivity contribution in [2.24, 2.45) is 0 Å². The second-order valence-electron chi connectivity index (χ2n) is 6.11. The molecule has 6 nitrogen and oxygen atoms in total. The Morgan fingerprint density at radius 1 is 0.926 bits per heavy atom. The van der Waals surface area contributed by atoms with Gasteiger partial charge in [-0.2, -0.15) is 4.98 Å². The molecule has 2 N–H and O–H groups in total. The maximum absolute atomic E-state index is 5.72. The van der Waals surface area contributed by atoms with Crippen molar-refractivity contribution in [1.82, 2.24) is 9.97 Å². The molecular weight excluding hydrogens is 340 g/mol. The Morgan fingerprint density at radius 2 is 1.67 bits per heavy atom. The average molecular weight is 364 g/mol. The molecule has 27 heavy (non-hydrogen) atoms. The first kappa shape index (κ1) is 18.5. The molecule has 3 rings (SSSR count). The van der Waals surface area contributed by atoms with E-state index >= 15 is 0 Å². The Balaban J connectivity index is 1.55. The Hall–Kier alpha value is -3.28. The number of nitrogens with zero attached hydrogens (tertiary/aromatic N) is 2. The molecule has 2 aromatic carbocycles. The summed E-state index contributed by atoms with van der Waals surface area (Å²) in [7, 11) is 1.64. The zero-order valence-electron chi connectivity index (χ0n) is 15.8. The second-order valence-corrected chi connectivity index (χ2v) is 6.11. The van der Waals surface area contributed by atoms with Crippen LogP contribution in [0.25, 0.3) is 0 Å². The van der Waals surface area contributed by atoms with Gasteiger partial charge in [-0.3, -0.25) is 0 Å². The number of aromatic nitrogens is 2. The molecule has 1 heterocycles. The lowest BCUT2D eigenvalue weighted by atomic mass is 10.2. The fourth-order valence-electron chi connectivity index (χ4n) is 2.57. The summed E-state index contributed by atoms with van der Waals surface area (Å²) in [6, 6.07) is 17.5. The quantitative estimate of drug-likeness (QED) is 0.580. The van der Waals surface area contributed by atoms with E-state index in [1.54, 1.807) is 7.11 Å². The van der Waals surface area contributed by atoms with E-state index in [-0.39, 0.29) is 0 Å². The normalized spacial score (nSPS) is 10.3. The number of ether oxygens (including phenoxy) is 2. The van der Waals surface area contributed by atoms with Gasteiger partial charge in [0, 0.05) is 17.4 Å². The highest BCUT2D eigenvalue weighted by Crippen LogP contribution is 2.19. The van der Waals surface area contributed by atoms with Crippen molar-refractivity contribution in [3.8, 4) is 11.5 Å². The first-order chi connectivity index (χ1) is 13.1. The zero-order chi connectivity index (χ0) is 19.1. The van der Waals surface area contributed by atoms with Gasteiger partial charge in [0.2, 0.25) is 5.95 Å². The van der Waals surface area contributed by atoms with Crippen molar-refractivity contribution in [3.05, 3.63) is 65.9 Å². The third kappa shape index (κ3) is 5.34. The van der Waals surface area contributed by atoms with Gasteiger partial charge in [0.1, 0.15) is 23.9 Å². The number of para-hydroxylation sites is 1. The molecule has 3 aromatic rings. The summed E-state index contributed by atoms with van der Waals surface area (Å²) in [5, 5.41) is 6.55. The molecule has 0 aliphatic rings. The minimum Gasteiger partial charge on any atom is -0.497 e. The number of benzene rings is 2. The van der Waals surface area contributed by atoms with E-state index < -0.39 is 0 Å². The number of methoxy groups -OCH3 is 1. The third-order valence-electron chi connectivity index (χ3n) is 3.98. The van der Waals surface area contributed by atoms with E-state index in [1.165, 1.54) is 0 Å². The van der Waals surface area contributed by atoms with Crippen LogP contribution in [0.4, 0.5) is 17.5 Å². The predicted molar refractivity (Wildman–Crippen MR) is 108 cm³/mol. The summed E-state index contributed by atoms with van der Waals surface area (Å²) in [6.07, 6.45) is 0. The number of anilines is 3. The lowest BCUT2D eigenvalue weighted by Crippen LogP contribution is -2.13. The van der Waals surface area contributed by atoms with Crippen molar-refractivity contribution in [1.29, 1.82) is 0 Å². The summed E-state index contributed by atoms with van der Waals surface area (Å²) >= 11 is 0. The summed E-state index contributed by atoms with van der Waals surface area (Å²) < 4.78 is 10.9. The number of rotatable bonds is 8. The lowest BCUT2D eigenvalue weighted by Gasteiger charge is -2.12. The zero-order valence-corrected chi connectivity index (χ0v) is 15.8. The molecule has 6 heteroatoms. The van der Waals surface area contributed by atoms with Gasteiger partial charge in [-0.05, 0) is 49.7 Å². The van der Waals surface area contributed by atoms with Crippen LogP contribution in [-0.4, -0.2) is 30.2 Å². The van der Waals surface area contributed by atoms with E-state index in [4.69, 9.17) is 9.47 Å². The molecule has 0 saturated carbocycles. The van der Waals surface area contributed by atoms with Crippen molar-refractivity contribution in [2.75, 3.05) is 30.9 Å². The van der Waals surface area contributed by atoms with Gasteiger partial charge in [-0.1, -0.05) is 18.2 Å². The van der Waals surface area contributed by atoms with E-state index in [2.05, 4.69) is 20.6 Å². The van der Waals surface area contributed by atoms with Crippen LogP contribution in [0.1, 0.15) is 11.3 Å². The van der Waals surface area contributed by atoms with Gasteiger partial charge in [0.05, 0.1) is 13.7 Å². The first-order valence-electron chi connectivity index (χ1n) is 8.83. The number of hydrogen-bond acceptors (Lipinski definition) is 6. The standard InChI is InChI=1S/C21H24N4O2/c1-15-6-4-5-7-19(15)24-21-23-16(2)14-20(25-21)22-12-13-27-18-10-8-17(26-3)9-11-18/h4-11,14H,12-13H2,1-3H3,(H2,22,23,24,25). The topological polar surface area (TPSA) is 68.3 Å². The van der Waals surface area contributed by atoms with Crippen LogP contribution in [0.3, 0.4) is 0 Å². The highest BCUT2D eigenvalue weighted by Gasteiger charge is 2.04. The van der Waals surface area contributed by atoms with Gasteiger partial charge in [0.15, 0.2) is 0 Å². The molecule has 0 bridgehead atoms. The maximum atomic E-state index is 5.72. The second kappa shape index (κ2) is 8.89. The molecule has 0 atom stereocenters. The number of aryl methyl sites for hydroxylation is 2. The van der Waals surface area contributed by atoms with Gasteiger partial charge < -0.3 is 20.1 Å². The molecule has 0 aliphatic carbocycles. The molecule has 0 amide bonds. The van der Waals surface area contributed by atoms with Crippen LogP contribution in [0, 0.1) is 13.8 Å². The van der Waals surface area contributed by atoms with Crippen molar-refractivity contribution in [3.63, 3.8) is 0 Å². The fourth-order valence-corrected chi connectivity index (χ4v) is 2.57. The summed E-state index contributed by atoms with van der Waals surface area (Å²) in [4.78, 5) is 8.99. The lowest BCUT2D eigenvalue weighted by molar-refractivity contribution is 0.331. The van der Waals surface area contributed by atoms with E-state index in [0.29, 0.717) is 19.1 Å². The van der Waals surface area contributed by atoms with Crippen molar-refractivity contribution >= 4 is 17.5 Å². The van der Waals surface area contributed by atoms with Crippen LogP contribution in [-0.2, 0) is 0 Å². The summed E-state index contributed by atoms with van der Waals surface area (Å²) in [6.45, 7) is 5.15. The molecule has 0 fully saturated rings. The molecule has 0 saturated heterocycles. The molecule has 140 valence electrons. The molecule has 0 radical (unpaired) electrons. The van der Waals surface area contributed by atoms with Gasteiger partial charge >= 0.3 is 0 Å². The highest BCUT2D eigenvalue weighted by atomic mass is 16.5. The highest BCUT2D eigenvalue weighted by molar-refractivity contribution is 5.59. The maximum Gasteiger partial charge on any atom is 0.229 e. The van der Waals surface area contributed by atoms with Crippen LogP contribution in [0.5, 0.6) is 11.5 Å². The minimum atomic E-state index is 0.524. The predicted octanol–water partition coefficient (Wildman–Crippen LogP) is 4.34. The first-order valence-corrected chi connectivity index (χ1v) is 8.83. The number of nitrogens with one attached hydrogen (secondary N) is 2. The molecule has 0 unspecified atom stereocenters. The van der Waals surface area contributed by atoms with Crippen LogP contribution in [0.2, 0.25) is 0 Å². The molecule has 0 spiro atoms. The van der Waals surface area contributed by atoms with Crippen LogP contribution >= 0.6 is 0 Å². The third-order valence-corrected chi connectivity index (χ3v) is 3.98. The van der Waals surface area contributed by atoms with E-state index in [0.717, 1.165) is 34.3 Å². The Bertz CT molecular complexity index is 882. The minimum absolute atomic E-state index is 0.524. The summed E-state index contributed by atoms with van der Waals surface area (Å²) in [5.41, 5.74) is 3.03. The van der Waals surface area contributed by atoms with Crippen molar-refractivity contribution in [2.45, 2.75) is 13.8 Å². The Labute approximate surface area is 159 Å². The van der Waals surface area contributed by atoms with Gasteiger partial charge in [-0.25, -0.2) is 4.98 Å². The fraction of sp³-hybridized carbons (Fsp3) is 0.238.